The van der Waals surface area contributed by atoms with Crippen LogP contribution in [0, 0.1) is 0 Å². The molecule has 2 aliphatic rings. The topological polar surface area (TPSA) is 45.2 Å². The van der Waals surface area contributed by atoms with Gasteiger partial charge in [0.05, 0.1) is 5.56 Å². The molecule has 0 radical (unpaired) electrons. The number of carbonyl (C=O) groups excluding carboxylic acids is 1. The fourth-order valence-corrected chi connectivity index (χ4v) is 2.32. The van der Waals surface area contributed by atoms with Crippen molar-refractivity contribution < 1.29 is 4.79 Å². The van der Waals surface area contributed by atoms with Crippen LogP contribution in [0.4, 0.5) is 0 Å². The highest BCUT2D eigenvalue weighted by molar-refractivity contribution is 5.96. The molecule has 0 bridgehead atoms. The second-order valence-electron chi connectivity index (χ2n) is 5.06. The van der Waals surface area contributed by atoms with Gasteiger partial charge < -0.3 is 10.2 Å². The smallest absolute Gasteiger partial charge is 0.253 e. The number of pyridine rings is 1. The Balaban J connectivity index is 1.88. The van der Waals surface area contributed by atoms with Gasteiger partial charge in [-0.25, -0.2) is 0 Å². The van der Waals surface area contributed by atoms with E-state index < -0.39 is 0 Å². The van der Waals surface area contributed by atoms with E-state index in [2.05, 4.69) is 22.2 Å². The maximum atomic E-state index is 12.1. The molecule has 2 heterocycles. The van der Waals surface area contributed by atoms with Gasteiger partial charge in [0, 0.05) is 31.5 Å². The maximum absolute atomic E-state index is 12.1. The highest BCUT2D eigenvalue weighted by Crippen LogP contribution is 2.23. The molecule has 90 valence electrons. The van der Waals surface area contributed by atoms with E-state index in [0.717, 1.165) is 37.9 Å². The van der Waals surface area contributed by atoms with Crippen LogP contribution in [-0.2, 0) is 13.0 Å². The summed E-state index contributed by atoms with van der Waals surface area (Å²) in [4.78, 5) is 18.5. The largest absolute Gasteiger partial charge is 0.349 e. The standard InChI is InChI=1S/C13H17N3O/c1-16-5-4-11-9(8-16)6-14-7-12(11)13(17)15-10-2-3-10/h6-7,10H,2-5,8H2,1H3,(H,15,17). The molecule has 1 saturated carbocycles. The van der Waals surface area contributed by atoms with Crippen molar-refractivity contribution in [2.75, 3.05) is 13.6 Å². The number of likely N-dealkylation sites (N-methyl/N-ethyl adjacent to an activating group) is 1. The van der Waals surface area contributed by atoms with Crippen LogP contribution in [-0.4, -0.2) is 35.4 Å². The lowest BCUT2D eigenvalue weighted by molar-refractivity contribution is 0.0949. The lowest BCUT2D eigenvalue weighted by Gasteiger charge is -2.25. The molecule has 1 amide bonds. The predicted molar refractivity (Wildman–Crippen MR) is 64.8 cm³/mol. The summed E-state index contributed by atoms with van der Waals surface area (Å²) in [6.07, 6.45) is 6.79. The van der Waals surface area contributed by atoms with E-state index in [1.54, 1.807) is 6.20 Å². The highest BCUT2D eigenvalue weighted by Gasteiger charge is 2.26. The first-order chi connectivity index (χ1) is 8.24. The van der Waals surface area contributed by atoms with Crippen LogP contribution < -0.4 is 5.32 Å². The SMILES string of the molecule is CN1CCc2c(cncc2C(=O)NC2CC2)C1. The number of hydrogen-bond acceptors (Lipinski definition) is 3. The van der Waals surface area contributed by atoms with Gasteiger partial charge in [-0.3, -0.25) is 9.78 Å². The number of rotatable bonds is 2. The zero-order valence-electron chi connectivity index (χ0n) is 10.1. The molecule has 1 N–H and O–H groups in total. The van der Waals surface area contributed by atoms with Crippen LogP contribution in [0.3, 0.4) is 0 Å². The summed E-state index contributed by atoms with van der Waals surface area (Å²) < 4.78 is 0. The average molecular weight is 231 g/mol. The third kappa shape index (κ3) is 2.17. The lowest BCUT2D eigenvalue weighted by atomic mass is 9.97. The van der Waals surface area contributed by atoms with E-state index in [-0.39, 0.29) is 5.91 Å². The second-order valence-corrected chi connectivity index (χ2v) is 5.06. The van der Waals surface area contributed by atoms with Crippen molar-refractivity contribution in [1.29, 1.82) is 0 Å². The van der Waals surface area contributed by atoms with Gasteiger partial charge in [-0.05, 0) is 37.4 Å². The fraction of sp³-hybridized carbons (Fsp3) is 0.538. The van der Waals surface area contributed by atoms with E-state index in [9.17, 15) is 4.79 Å². The third-order valence-corrected chi connectivity index (χ3v) is 3.49. The molecule has 1 aromatic heterocycles. The highest BCUT2D eigenvalue weighted by atomic mass is 16.1. The summed E-state index contributed by atoms with van der Waals surface area (Å²) in [5.74, 6) is 0.0569. The van der Waals surface area contributed by atoms with Crippen molar-refractivity contribution in [3.63, 3.8) is 0 Å². The van der Waals surface area contributed by atoms with Crippen molar-refractivity contribution in [3.05, 3.63) is 29.1 Å². The van der Waals surface area contributed by atoms with Crippen LogP contribution in [0.2, 0.25) is 0 Å². The number of nitrogens with zero attached hydrogens (tertiary/aromatic N) is 2. The van der Waals surface area contributed by atoms with Crippen LogP contribution in [0.15, 0.2) is 12.4 Å². The van der Waals surface area contributed by atoms with E-state index in [1.807, 2.05) is 6.20 Å². The Bertz CT molecular complexity index is 454. The number of carbonyl (C=O) groups is 1. The monoisotopic (exact) mass is 231 g/mol. The molecule has 0 saturated heterocycles. The van der Waals surface area contributed by atoms with Crippen LogP contribution in [0.25, 0.3) is 0 Å². The van der Waals surface area contributed by atoms with Gasteiger partial charge in [-0.2, -0.15) is 0 Å². The van der Waals surface area contributed by atoms with Gasteiger partial charge in [0.2, 0.25) is 0 Å². The molecule has 4 heteroatoms. The number of fused-ring (bicyclic) bond motifs is 1. The molecule has 0 spiro atoms. The summed E-state index contributed by atoms with van der Waals surface area (Å²) in [6.45, 7) is 1.91. The summed E-state index contributed by atoms with van der Waals surface area (Å²) in [6, 6.07) is 0.407. The third-order valence-electron chi connectivity index (χ3n) is 3.49. The molecule has 3 rings (SSSR count). The van der Waals surface area contributed by atoms with Gasteiger partial charge in [0.25, 0.3) is 5.91 Å². The van der Waals surface area contributed by atoms with E-state index in [1.165, 1.54) is 11.1 Å². The Morgan fingerprint density at radius 1 is 1.47 bits per heavy atom. The van der Waals surface area contributed by atoms with Crippen molar-refractivity contribution in [3.8, 4) is 0 Å². The Labute approximate surface area is 101 Å². The molecule has 1 aromatic rings. The van der Waals surface area contributed by atoms with Gasteiger partial charge in [0.15, 0.2) is 0 Å². The number of amides is 1. The minimum atomic E-state index is 0.0569. The van der Waals surface area contributed by atoms with Gasteiger partial charge in [-0.15, -0.1) is 0 Å². The minimum absolute atomic E-state index is 0.0569. The van der Waals surface area contributed by atoms with Crippen molar-refractivity contribution in [2.24, 2.45) is 0 Å². The molecule has 1 aliphatic carbocycles. The first kappa shape index (κ1) is 10.7. The molecule has 17 heavy (non-hydrogen) atoms. The fourth-order valence-electron chi connectivity index (χ4n) is 2.32. The van der Waals surface area contributed by atoms with Crippen LogP contribution in [0.1, 0.15) is 34.3 Å². The van der Waals surface area contributed by atoms with Gasteiger partial charge >= 0.3 is 0 Å². The van der Waals surface area contributed by atoms with Gasteiger partial charge in [0.1, 0.15) is 0 Å². The second kappa shape index (κ2) is 4.11. The molecule has 1 aliphatic heterocycles. The number of aromatic nitrogens is 1. The first-order valence-corrected chi connectivity index (χ1v) is 6.19. The van der Waals surface area contributed by atoms with Crippen LogP contribution >= 0.6 is 0 Å². The zero-order chi connectivity index (χ0) is 11.8. The molecule has 4 nitrogen and oxygen atoms in total. The first-order valence-electron chi connectivity index (χ1n) is 6.19. The molecular weight excluding hydrogens is 214 g/mol. The summed E-state index contributed by atoms with van der Waals surface area (Å²) in [7, 11) is 2.10. The van der Waals surface area contributed by atoms with Crippen molar-refractivity contribution in [1.82, 2.24) is 15.2 Å². The van der Waals surface area contributed by atoms with Crippen molar-refractivity contribution in [2.45, 2.75) is 31.8 Å². The Hall–Kier alpha value is -1.42. The number of hydrogen-bond donors (Lipinski definition) is 1. The minimum Gasteiger partial charge on any atom is -0.349 e. The van der Waals surface area contributed by atoms with Gasteiger partial charge in [-0.1, -0.05) is 0 Å². The maximum Gasteiger partial charge on any atom is 0.253 e. The molecule has 1 fully saturated rings. The van der Waals surface area contributed by atoms with E-state index in [4.69, 9.17) is 0 Å². The average Bonchev–Trinajstić information content (AvgIpc) is 3.11. The molecular formula is C13H17N3O. The Morgan fingerprint density at radius 2 is 2.29 bits per heavy atom. The van der Waals surface area contributed by atoms with Crippen LogP contribution in [0.5, 0.6) is 0 Å². The summed E-state index contributed by atoms with van der Waals surface area (Å²) in [5, 5.41) is 3.04. The summed E-state index contributed by atoms with van der Waals surface area (Å²) in [5.41, 5.74) is 3.17. The molecule has 0 aromatic carbocycles. The molecule has 0 unspecified atom stereocenters. The normalized spacial score (nSPS) is 19.8. The zero-order valence-corrected chi connectivity index (χ0v) is 10.1. The summed E-state index contributed by atoms with van der Waals surface area (Å²) >= 11 is 0. The Morgan fingerprint density at radius 3 is 3.06 bits per heavy atom. The van der Waals surface area contributed by atoms with Crippen molar-refractivity contribution >= 4 is 5.91 Å². The lowest BCUT2D eigenvalue weighted by Crippen LogP contribution is -2.31. The number of nitrogens with one attached hydrogen (secondary N) is 1. The quantitative estimate of drug-likeness (QED) is 0.824. The Kier molecular flexibility index (Phi) is 2.59. The van der Waals surface area contributed by atoms with E-state index in [0.29, 0.717) is 6.04 Å². The molecule has 0 atom stereocenters. The van der Waals surface area contributed by atoms with E-state index >= 15 is 0 Å². The predicted octanol–water partition coefficient (Wildman–Crippen LogP) is 0.962.